The van der Waals surface area contributed by atoms with Gasteiger partial charge in [0.25, 0.3) is 0 Å². The van der Waals surface area contributed by atoms with E-state index in [4.69, 9.17) is 9.84 Å². The Kier molecular flexibility index (Phi) is 7.74. The monoisotopic (exact) mass is 452 g/mol. The Balaban J connectivity index is 1.64. The molecule has 2 aromatic carbocycles. The highest BCUT2D eigenvalue weighted by Gasteiger charge is 2.36. The van der Waals surface area contributed by atoms with Crippen LogP contribution in [0.4, 0.5) is 4.79 Å². The van der Waals surface area contributed by atoms with Gasteiger partial charge in [-0.3, -0.25) is 9.59 Å². The van der Waals surface area contributed by atoms with Gasteiger partial charge in [-0.2, -0.15) is 0 Å². The number of nitrogens with one attached hydrogen (secondary N) is 2. The third-order valence-electron chi connectivity index (χ3n) is 6.14. The molecule has 1 aliphatic rings. The number of alkyl carbamates (subject to hydrolysis) is 1. The molecule has 2 amide bonds. The van der Waals surface area contributed by atoms with Crippen LogP contribution in [0.15, 0.2) is 48.5 Å². The van der Waals surface area contributed by atoms with Crippen molar-refractivity contribution in [2.45, 2.75) is 64.0 Å². The average Bonchev–Trinajstić information content (AvgIpc) is 3.10. The molecule has 0 radical (unpaired) electrons. The molecule has 1 aliphatic carbocycles. The van der Waals surface area contributed by atoms with E-state index in [0.29, 0.717) is 19.3 Å². The summed E-state index contributed by atoms with van der Waals surface area (Å²) in [7, 11) is 0. The highest BCUT2D eigenvalue weighted by Crippen LogP contribution is 2.44. The van der Waals surface area contributed by atoms with E-state index in [0.717, 1.165) is 22.3 Å². The number of fused-ring (bicyclic) bond motifs is 3. The fourth-order valence-electron chi connectivity index (χ4n) is 4.39. The average molecular weight is 453 g/mol. The first-order valence-corrected chi connectivity index (χ1v) is 11.4. The van der Waals surface area contributed by atoms with Crippen molar-refractivity contribution in [1.29, 1.82) is 0 Å². The number of carbonyl (C=O) groups excluding carboxylic acids is 2. The van der Waals surface area contributed by atoms with Crippen LogP contribution in [-0.4, -0.2) is 41.3 Å². The molecule has 7 nitrogen and oxygen atoms in total. The van der Waals surface area contributed by atoms with Crippen molar-refractivity contribution in [3.63, 3.8) is 0 Å². The van der Waals surface area contributed by atoms with Gasteiger partial charge in [-0.15, -0.1) is 0 Å². The molecular formula is C26H32N2O5. The van der Waals surface area contributed by atoms with Gasteiger partial charge >= 0.3 is 12.1 Å². The Hall–Kier alpha value is -3.35. The molecule has 0 aliphatic heterocycles. The number of ether oxygens (including phenoxy) is 1. The quantitative estimate of drug-likeness (QED) is 0.494. The summed E-state index contributed by atoms with van der Waals surface area (Å²) in [4.78, 5) is 36.4. The summed E-state index contributed by atoms with van der Waals surface area (Å²) in [5.41, 5.74) is 3.37. The van der Waals surface area contributed by atoms with E-state index in [1.165, 1.54) is 0 Å². The Bertz CT molecular complexity index is 976. The van der Waals surface area contributed by atoms with E-state index < -0.39 is 17.6 Å². The van der Waals surface area contributed by atoms with E-state index in [9.17, 15) is 14.4 Å². The zero-order valence-electron chi connectivity index (χ0n) is 19.4. The van der Waals surface area contributed by atoms with Crippen LogP contribution in [0.3, 0.4) is 0 Å². The van der Waals surface area contributed by atoms with E-state index in [1.807, 2.05) is 31.2 Å². The third-order valence-corrected chi connectivity index (χ3v) is 6.14. The summed E-state index contributed by atoms with van der Waals surface area (Å²) in [6.07, 6.45) is 0.729. The van der Waals surface area contributed by atoms with Crippen molar-refractivity contribution in [1.82, 2.24) is 10.6 Å². The minimum atomic E-state index is -1.16. The summed E-state index contributed by atoms with van der Waals surface area (Å²) >= 11 is 0. The molecule has 2 unspecified atom stereocenters. The molecule has 0 aromatic heterocycles. The Morgan fingerprint density at radius 3 is 2.18 bits per heavy atom. The number of aliphatic carboxylic acids is 1. The topological polar surface area (TPSA) is 105 Å². The number of carboxylic acids is 1. The molecule has 7 heteroatoms. The molecule has 0 bridgehead atoms. The zero-order chi connectivity index (χ0) is 24.0. The van der Waals surface area contributed by atoms with Crippen LogP contribution < -0.4 is 10.6 Å². The minimum Gasteiger partial charge on any atom is -0.481 e. The molecule has 33 heavy (non-hydrogen) atoms. The Morgan fingerprint density at radius 1 is 1.06 bits per heavy atom. The van der Waals surface area contributed by atoms with Crippen molar-refractivity contribution in [2.75, 3.05) is 6.61 Å². The molecular weight excluding hydrogens is 420 g/mol. The van der Waals surface area contributed by atoms with Gasteiger partial charge in [0.05, 0.1) is 0 Å². The SMILES string of the molecule is CCCC(C)(NC(=O)OCC1c2ccccc2-c2ccccc21)C(=O)NC(C)CCC(=O)O. The van der Waals surface area contributed by atoms with Gasteiger partial charge < -0.3 is 20.5 Å². The first-order chi connectivity index (χ1) is 15.7. The lowest BCUT2D eigenvalue weighted by Gasteiger charge is -2.30. The van der Waals surface area contributed by atoms with Crippen LogP contribution in [0.25, 0.3) is 11.1 Å². The first kappa shape index (κ1) is 24.3. The number of benzene rings is 2. The molecule has 2 atom stereocenters. The molecule has 2 aromatic rings. The fourth-order valence-corrected chi connectivity index (χ4v) is 4.39. The van der Waals surface area contributed by atoms with Crippen molar-refractivity contribution in [3.05, 3.63) is 59.7 Å². The van der Waals surface area contributed by atoms with Crippen molar-refractivity contribution in [2.24, 2.45) is 0 Å². The molecule has 0 saturated heterocycles. The third kappa shape index (κ3) is 5.72. The second-order valence-electron chi connectivity index (χ2n) is 8.84. The number of rotatable bonds is 10. The van der Waals surface area contributed by atoms with Gasteiger partial charge in [0.15, 0.2) is 0 Å². The lowest BCUT2D eigenvalue weighted by Crippen LogP contribution is -2.58. The van der Waals surface area contributed by atoms with Crippen LogP contribution in [-0.2, 0) is 14.3 Å². The maximum absolute atomic E-state index is 12.9. The molecule has 0 fully saturated rings. The summed E-state index contributed by atoms with van der Waals surface area (Å²) < 4.78 is 5.61. The standard InChI is InChI=1S/C26H32N2O5/c1-4-15-26(3,24(31)27-17(2)13-14-23(29)30)28-25(32)33-16-22-20-11-7-5-9-18(20)19-10-6-8-12-21(19)22/h5-12,17,22H,4,13-16H2,1-3H3,(H,27,31)(H,28,32)(H,29,30). The summed E-state index contributed by atoms with van der Waals surface area (Å²) in [5.74, 6) is -1.33. The predicted octanol–water partition coefficient (Wildman–Crippen LogP) is 4.45. The van der Waals surface area contributed by atoms with Crippen molar-refractivity contribution in [3.8, 4) is 11.1 Å². The predicted molar refractivity (Wildman–Crippen MR) is 126 cm³/mol. The maximum Gasteiger partial charge on any atom is 0.408 e. The van der Waals surface area contributed by atoms with Gasteiger partial charge in [-0.1, -0.05) is 61.9 Å². The zero-order valence-corrected chi connectivity index (χ0v) is 19.4. The lowest BCUT2D eigenvalue weighted by atomic mass is 9.94. The maximum atomic E-state index is 12.9. The van der Waals surface area contributed by atoms with E-state index in [-0.39, 0.29) is 30.9 Å². The molecule has 0 heterocycles. The van der Waals surface area contributed by atoms with Crippen LogP contribution >= 0.6 is 0 Å². The smallest absolute Gasteiger partial charge is 0.408 e. The number of hydrogen-bond donors (Lipinski definition) is 3. The van der Waals surface area contributed by atoms with E-state index in [1.54, 1.807) is 13.8 Å². The number of carboxylic acid groups (broad SMARTS) is 1. The lowest BCUT2D eigenvalue weighted by molar-refractivity contribution is -0.137. The van der Waals surface area contributed by atoms with E-state index in [2.05, 4.69) is 34.9 Å². The highest BCUT2D eigenvalue weighted by molar-refractivity contribution is 5.89. The number of amides is 2. The van der Waals surface area contributed by atoms with Crippen LogP contribution in [0, 0.1) is 0 Å². The van der Waals surface area contributed by atoms with Gasteiger partial charge in [-0.05, 0) is 48.9 Å². The van der Waals surface area contributed by atoms with Crippen molar-refractivity contribution < 1.29 is 24.2 Å². The van der Waals surface area contributed by atoms with Crippen LogP contribution in [0.5, 0.6) is 0 Å². The molecule has 3 rings (SSSR count). The number of carbonyl (C=O) groups is 3. The molecule has 0 saturated carbocycles. The minimum absolute atomic E-state index is 0.0360. The van der Waals surface area contributed by atoms with E-state index >= 15 is 0 Å². The molecule has 0 spiro atoms. The van der Waals surface area contributed by atoms with Crippen molar-refractivity contribution >= 4 is 18.0 Å². The first-order valence-electron chi connectivity index (χ1n) is 11.4. The van der Waals surface area contributed by atoms with Crippen LogP contribution in [0.2, 0.25) is 0 Å². The van der Waals surface area contributed by atoms with Gasteiger partial charge in [0, 0.05) is 18.4 Å². The van der Waals surface area contributed by atoms with Crippen LogP contribution in [0.1, 0.15) is 63.5 Å². The van der Waals surface area contributed by atoms with Gasteiger partial charge in [0.1, 0.15) is 12.1 Å². The highest BCUT2D eigenvalue weighted by atomic mass is 16.5. The summed E-state index contributed by atoms with van der Waals surface area (Å²) in [5, 5.41) is 14.4. The summed E-state index contributed by atoms with van der Waals surface area (Å²) in [6, 6.07) is 15.9. The molecule has 176 valence electrons. The normalized spacial score (nSPS) is 15.0. The second-order valence-corrected chi connectivity index (χ2v) is 8.84. The number of hydrogen-bond acceptors (Lipinski definition) is 4. The Labute approximate surface area is 194 Å². The fraction of sp³-hybridized carbons (Fsp3) is 0.423. The summed E-state index contributed by atoms with van der Waals surface area (Å²) in [6.45, 7) is 5.51. The Morgan fingerprint density at radius 2 is 1.64 bits per heavy atom. The second kappa shape index (κ2) is 10.5. The molecule has 3 N–H and O–H groups in total. The largest absolute Gasteiger partial charge is 0.481 e. The van der Waals surface area contributed by atoms with Gasteiger partial charge in [0.2, 0.25) is 5.91 Å². The van der Waals surface area contributed by atoms with Gasteiger partial charge in [-0.25, -0.2) is 4.79 Å².